The van der Waals surface area contributed by atoms with Gasteiger partial charge in [0.2, 0.25) is 5.91 Å². The molecule has 0 aliphatic heterocycles. The number of benzene rings is 1. The summed E-state index contributed by atoms with van der Waals surface area (Å²) in [6.45, 7) is 6.60. The van der Waals surface area contributed by atoms with Gasteiger partial charge in [-0.1, -0.05) is 19.4 Å². The summed E-state index contributed by atoms with van der Waals surface area (Å²) in [7, 11) is 0. The number of nitrogens with one attached hydrogen (secondary N) is 2. The fourth-order valence-electron chi connectivity index (χ4n) is 1.55. The van der Waals surface area contributed by atoms with Crippen molar-refractivity contribution in [2.75, 3.05) is 19.7 Å². The minimum absolute atomic E-state index is 0.0541. The average molecular weight is 290 g/mol. The Labute approximate surface area is 125 Å². The van der Waals surface area contributed by atoms with Crippen LogP contribution in [0.15, 0.2) is 36.9 Å². The maximum Gasteiger partial charge on any atom is 0.251 e. The molecule has 0 aliphatic carbocycles. The van der Waals surface area contributed by atoms with Crippen LogP contribution in [0.25, 0.3) is 0 Å². The molecule has 0 spiro atoms. The summed E-state index contributed by atoms with van der Waals surface area (Å²) in [6.07, 6.45) is 3.66. The molecule has 21 heavy (non-hydrogen) atoms. The minimum atomic E-state index is -0.288. The van der Waals surface area contributed by atoms with Crippen molar-refractivity contribution >= 4 is 11.8 Å². The molecule has 0 fully saturated rings. The lowest BCUT2D eigenvalue weighted by Gasteiger charge is -2.07. The van der Waals surface area contributed by atoms with Crippen molar-refractivity contribution in [2.24, 2.45) is 0 Å². The molecule has 0 bridgehead atoms. The lowest BCUT2D eigenvalue weighted by molar-refractivity contribution is -0.119. The molecule has 0 saturated heterocycles. The number of rotatable bonds is 9. The Bertz CT molecular complexity index is 469. The highest BCUT2D eigenvalue weighted by Crippen LogP contribution is 2.12. The van der Waals surface area contributed by atoms with Crippen molar-refractivity contribution in [1.82, 2.24) is 10.6 Å². The van der Waals surface area contributed by atoms with Crippen molar-refractivity contribution in [3.8, 4) is 5.75 Å². The molecule has 0 heterocycles. The van der Waals surface area contributed by atoms with Gasteiger partial charge in [0.15, 0.2) is 0 Å². The first kappa shape index (κ1) is 16.8. The lowest BCUT2D eigenvalue weighted by Crippen LogP contribution is -2.36. The largest absolute Gasteiger partial charge is 0.494 e. The first-order valence-corrected chi connectivity index (χ1v) is 7.06. The highest BCUT2D eigenvalue weighted by molar-refractivity contribution is 5.96. The molecular weight excluding hydrogens is 268 g/mol. The van der Waals surface area contributed by atoms with Gasteiger partial charge < -0.3 is 15.4 Å². The van der Waals surface area contributed by atoms with E-state index < -0.39 is 0 Å². The third-order valence-corrected chi connectivity index (χ3v) is 2.74. The molecule has 0 saturated carbocycles. The number of amides is 2. The van der Waals surface area contributed by atoms with Crippen LogP contribution in [0.5, 0.6) is 5.75 Å². The maximum absolute atomic E-state index is 11.8. The van der Waals surface area contributed by atoms with Gasteiger partial charge in [-0.15, -0.1) is 6.58 Å². The molecule has 0 radical (unpaired) electrons. The Morgan fingerprint density at radius 1 is 1.24 bits per heavy atom. The highest BCUT2D eigenvalue weighted by atomic mass is 16.5. The molecule has 0 atom stereocenters. The first-order chi connectivity index (χ1) is 10.2. The predicted octanol–water partition coefficient (Wildman–Crippen LogP) is 1.90. The molecular formula is C16H22N2O3. The van der Waals surface area contributed by atoms with Gasteiger partial charge in [-0.3, -0.25) is 9.59 Å². The summed E-state index contributed by atoms with van der Waals surface area (Å²) in [5.74, 6) is 0.204. The van der Waals surface area contributed by atoms with Crippen LogP contribution in [0.4, 0.5) is 0 Å². The Kier molecular flexibility index (Phi) is 7.64. The number of ether oxygens (including phenoxy) is 1. The fraction of sp³-hybridized carbons (Fsp3) is 0.375. The summed E-state index contributed by atoms with van der Waals surface area (Å²) in [5.41, 5.74) is 0.495. The van der Waals surface area contributed by atoms with Gasteiger partial charge in [-0.05, 0) is 30.7 Å². The second-order valence-electron chi connectivity index (χ2n) is 4.50. The number of carbonyl (C=O) groups excluding carboxylic acids is 2. The van der Waals surface area contributed by atoms with Crippen LogP contribution in [0.1, 0.15) is 30.1 Å². The van der Waals surface area contributed by atoms with E-state index in [1.807, 2.05) is 0 Å². The SMILES string of the molecule is C=CCNC(=O)CNC(=O)c1ccc(OCCCC)cc1. The van der Waals surface area contributed by atoms with E-state index in [2.05, 4.69) is 24.1 Å². The van der Waals surface area contributed by atoms with Gasteiger partial charge in [-0.2, -0.15) is 0 Å². The molecule has 0 aliphatic rings. The first-order valence-electron chi connectivity index (χ1n) is 7.06. The third kappa shape index (κ3) is 6.61. The summed E-state index contributed by atoms with van der Waals surface area (Å²) in [5, 5.41) is 5.14. The molecule has 1 aromatic carbocycles. The van der Waals surface area contributed by atoms with Gasteiger partial charge in [0.25, 0.3) is 5.91 Å². The van der Waals surface area contributed by atoms with Crippen LogP contribution in [0, 0.1) is 0 Å². The number of carbonyl (C=O) groups is 2. The van der Waals surface area contributed by atoms with Crippen molar-refractivity contribution in [1.29, 1.82) is 0 Å². The molecule has 0 unspecified atom stereocenters. The van der Waals surface area contributed by atoms with E-state index in [9.17, 15) is 9.59 Å². The second-order valence-corrected chi connectivity index (χ2v) is 4.50. The van der Waals surface area contributed by atoms with Crippen LogP contribution >= 0.6 is 0 Å². The molecule has 2 amide bonds. The topological polar surface area (TPSA) is 67.4 Å². The zero-order chi connectivity index (χ0) is 15.5. The second kappa shape index (κ2) is 9.58. The van der Waals surface area contributed by atoms with Crippen molar-refractivity contribution in [3.05, 3.63) is 42.5 Å². The molecule has 5 heteroatoms. The smallest absolute Gasteiger partial charge is 0.251 e. The molecule has 1 rings (SSSR count). The van der Waals surface area contributed by atoms with Gasteiger partial charge >= 0.3 is 0 Å². The van der Waals surface area contributed by atoms with E-state index in [0.29, 0.717) is 18.7 Å². The van der Waals surface area contributed by atoms with Crippen LogP contribution < -0.4 is 15.4 Å². The lowest BCUT2D eigenvalue weighted by atomic mass is 10.2. The Morgan fingerprint density at radius 3 is 2.57 bits per heavy atom. The normalized spacial score (nSPS) is 9.76. The Morgan fingerprint density at radius 2 is 1.95 bits per heavy atom. The number of hydrogen-bond donors (Lipinski definition) is 2. The number of unbranched alkanes of at least 4 members (excludes halogenated alkanes) is 1. The maximum atomic E-state index is 11.8. The van der Waals surface area contributed by atoms with Crippen molar-refractivity contribution in [2.45, 2.75) is 19.8 Å². The standard InChI is InChI=1S/C16H22N2O3/c1-3-5-11-21-14-8-6-13(7-9-14)16(20)18-12-15(19)17-10-4-2/h4,6-9H,2-3,5,10-12H2,1H3,(H,17,19)(H,18,20). The zero-order valence-corrected chi connectivity index (χ0v) is 12.4. The summed E-state index contributed by atoms with van der Waals surface area (Å²) in [6, 6.07) is 6.86. The van der Waals surface area contributed by atoms with Gasteiger partial charge in [0.1, 0.15) is 5.75 Å². The summed E-state index contributed by atoms with van der Waals surface area (Å²) < 4.78 is 5.52. The average Bonchev–Trinajstić information content (AvgIpc) is 2.51. The zero-order valence-electron chi connectivity index (χ0n) is 12.4. The van der Waals surface area contributed by atoms with Crippen LogP contribution in [0.3, 0.4) is 0 Å². The number of hydrogen-bond acceptors (Lipinski definition) is 3. The predicted molar refractivity (Wildman–Crippen MR) is 82.4 cm³/mol. The van der Waals surface area contributed by atoms with Crippen LogP contribution in [-0.4, -0.2) is 31.5 Å². The van der Waals surface area contributed by atoms with E-state index in [-0.39, 0.29) is 18.4 Å². The van der Waals surface area contributed by atoms with E-state index in [0.717, 1.165) is 18.6 Å². The van der Waals surface area contributed by atoms with Gasteiger partial charge in [0, 0.05) is 12.1 Å². The van der Waals surface area contributed by atoms with E-state index in [4.69, 9.17) is 4.74 Å². The summed E-state index contributed by atoms with van der Waals surface area (Å²) >= 11 is 0. The quantitative estimate of drug-likeness (QED) is 0.539. The van der Waals surface area contributed by atoms with Crippen molar-refractivity contribution in [3.63, 3.8) is 0 Å². The van der Waals surface area contributed by atoms with E-state index in [1.165, 1.54) is 0 Å². The molecule has 5 nitrogen and oxygen atoms in total. The van der Waals surface area contributed by atoms with Gasteiger partial charge in [-0.25, -0.2) is 0 Å². The van der Waals surface area contributed by atoms with Gasteiger partial charge in [0.05, 0.1) is 13.2 Å². The van der Waals surface area contributed by atoms with E-state index >= 15 is 0 Å². The Balaban J connectivity index is 2.40. The fourth-order valence-corrected chi connectivity index (χ4v) is 1.55. The molecule has 1 aromatic rings. The van der Waals surface area contributed by atoms with Crippen molar-refractivity contribution < 1.29 is 14.3 Å². The third-order valence-electron chi connectivity index (χ3n) is 2.74. The molecule has 114 valence electrons. The Hall–Kier alpha value is -2.30. The minimum Gasteiger partial charge on any atom is -0.494 e. The monoisotopic (exact) mass is 290 g/mol. The highest BCUT2D eigenvalue weighted by Gasteiger charge is 2.07. The molecule has 0 aromatic heterocycles. The molecule has 2 N–H and O–H groups in total. The van der Waals surface area contributed by atoms with Crippen LogP contribution in [0.2, 0.25) is 0 Å². The van der Waals surface area contributed by atoms with E-state index in [1.54, 1.807) is 30.3 Å². The van der Waals surface area contributed by atoms with Crippen LogP contribution in [-0.2, 0) is 4.79 Å². The summed E-state index contributed by atoms with van der Waals surface area (Å²) in [4.78, 5) is 23.2.